The normalized spacial score (nSPS) is 13.0. The van der Waals surface area contributed by atoms with E-state index in [1.54, 1.807) is 36.4 Å². The zero-order chi connectivity index (χ0) is 17.4. The molecule has 126 valence electrons. The molecule has 0 bridgehead atoms. The molecule has 0 unspecified atom stereocenters. The molecule has 2 aromatic rings. The lowest BCUT2D eigenvalue weighted by molar-refractivity contribution is -0.141. The molecule has 0 spiro atoms. The lowest BCUT2D eigenvalue weighted by Crippen LogP contribution is -2.42. The molecular weight excluding hydrogens is 326 g/mol. The van der Waals surface area contributed by atoms with Gasteiger partial charge in [-0.2, -0.15) is 0 Å². The molecule has 2 rings (SSSR count). The van der Waals surface area contributed by atoms with Crippen LogP contribution in [0.25, 0.3) is 0 Å². The van der Waals surface area contributed by atoms with Crippen LogP contribution >= 0.6 is 0 Å². The van der Waals surface area contributed by atoms with Gasteiger partial charge in [0.2, 0.25) is 5.91 Å². The number of carboxylic acids is 1. The second-order valence-electron chi connectivity index (χ2n) is 5.27. The molecule has 0 fully saturated rings. The number of carbonyl (C=O) groups is 2. The van der Waals surface area contributed by atoms with Crippen molar-refractivity contribution < 1.29 is 18.9 Å². The van der Waals surface area contributed by atoms with Gasteiger partial charge in [0, 0.05) is 10.6 Å². The molecule has 0 aliphatic heterocycles. The van der Waals surface area contributed by atoms with Crippen LogP contribution in [0.2, 0.25) is 0 Å². The summed E-state index contributed by atoms with van der Waals surface area (Å²) in [7, 11) is -1.29. The van der Waals surface area contributed by atoms with E-state index in [0.29, 0.717) is 4.90 Å². The van der Waals surface area contributed by atoms with Crippen molar-refractivity contribution in [3.05, 3.63) is 66.2 Å². The molecule has 5 nitrogen and oxygen atoms in total. The average molecular weight is 345 g/mol. The SMILES string of the molecule is O=C(Cc1ccccc1)N[C@H](CC[S@@](=O)c1ccccc1)C(=O)O. The van der Waals surface area contributed by atoms with E-state index in [1.807, 2.05) is 24.3 Å². The minimum Gasteiger partial charge on any atom is -0.480 e. The Balaban J connectivity index is 1.89. The summed E-state index contributed by atoms with van der Waals surface area (Å²) in [6, 6.07) is 16.9. The summed E-state index contributed by atoms with van der Waals surface area (Å²) in [6.07, 6.45) is 0.226. The Kier molecular flexibility index (Phi) is 6.69. The summed E-state index contributed by atoms with van der Waals surface area (Å²) in [4.78, 5) is 24.0. The molecule has 0 aliphatic carbocycles. The van der Waals surface area contributed by atoms with Crippen molar-refractivity contribution in [2.24, 2.45) is 0 Å². The van der Waals surface area contributed by atoms with Gasteiger partial charge >= 0.3 is 5.97 Å². The third-order valence-electron chi connectivity index (χ3n) is 3.44. The third-order valence-corrected chi connectivity index (χ3v) is 4.84. The maximum absolute atomic E-state index is 12.2. The lowest BCUT2D eigenvalue weighted by Gasteiger charge is -2.14. The Morgan fingerprint density at radius 1 is 1.00 bits per heavy atom. The number of hydrogen-bond acceptors (Lipinski definition) is 3. The summed E-state index contributed by atoms with van der Waals surface area (Å²) in [5.41, 5.74) is 0.812. The second-order valence-corrected chi connectivity index (χ2v) is 6.84. The molecule has 6 heteroatoms. The van der Waals surface area contributed by atoms with Crippen LogP contribution in [-0.2, 0) is 26.8 Å². The fourth-order valence-electron chi connectivity index (χ4n) is 2.20. The monoisotopic (exact) mass is 345 g/mol. The van der Waals surface area contributed by atoms with E-state index in [4.69, 9.17) is 0 Å². The first-order valence-electron chi connectivity index (χ1n) is 7.56. The Morgan fingerprint density at radius 3 is 2.17 bits per heavy atom. The van der Waals surface area contributed by atoms with Crippen molar-refractivity contribution in [3.8, 4) is 0 Å². The first-order chi connectivity index (χ1) is 11.6. The fourth-order valence-corrected chi connectivity index (χ4v) is 3.35. The summed E-state index contributed by atoms with van der Waals surface area (Å²) < 4.78 is 12.2. The van der Waals surface area contributed by atoms with Gasteiger partial charge in [0.1, 0.15) is 6.04 Å². The number of amides is 1. The van der Waals surface area contributed by atoms with Gasteiger partial charge in [-0.1, -0.05) is 48.5 Å². The highest BCUT2D eigenvalue weighted by Gasteiger charge is 2.21. The van der Waals surface area contributed by atoms with Gasteiger partial charge in [-0.05, 0) is 24.1 Å². The van der Waals surface area contributed by atoms with Gasteiger partial charge < -0.3 is 10.4 Å². The van der Waals surface area contributed by atoms with Gasteiger partial charge in [-0.15, -0.1) is 0 Å². The van der Waals surface area contributed by atoms with Crippen LogP contribution in [-0.4, -0.2) is 33.0 Å². The van der Waals surface area contributed by atoms with Crippen molar-refractivity contribution in [2.75, 3.05) is 5.75 Å². The molecule has 0 aromatic heterocycles. The van der Waals surface area contributed by atoms with Crippen molar-refractivity contribution in [1.82, 2.24) is 5.32 Å². The zero-order valence-electron chi connectivity index (χ0n) is 13.1. The molecule has 0 aliphatic rings. The number of aliphatic carboxylic acids is 1. The predicted molar refractivity (Wildman–Crippen MR) is 92.0 cm³/mol. The van der Waals surface area contributed by atoms with Crippen LogP contribution < -0.4 is 5.32 Å². The van der Waals surface area contributed by atoms with E-state index < -0.39 is 22.8 Å². The van der Waals surface area contributed by atoms with Crippen LogP contribution in [0.15, 0.2) is 65.6 Å². The van der Waals surface area contributed by atoms with Crippen LogP contribution in [0.3, 0.4) is 0 Å². The van der Waals surface area contributed by atoms with E-state index in [9.17, 15) is 18.9 Å². The molecule has 2 N–H and O–H groups in total. The summed E-state index contributed by atoms with van der Waals surface area (Å²) >= 11 is 0. The average Bonchev–Trinajstić information content (AvgIpc) is 2.59. The van der Waals surface area contributed by atoms with E-state index in [1.165, 1.54) is 0 Å². The molecule has 24 heavy (non-hydrogen) atoms. The quantitative estimate of drug-likeness (QED) is 0.766. The molecule has 1 amide bonds. The number of nitrogens with one attached hydrogen (secondary N) is 1. The van der Waals surface area contributed by atoms with Crippen LogP contribution in [0, 0.1) is 0 Å². The molecule has 0 heterocycles. The number of carbonyl (C=O) groups excluding carboxylic acids is 1. The number of benzene rings is 2. The Morgan fingerprint density at radius 2 is 1.58 bits per heavy atom. The minimum atomic E-state index is -1.29. The standard InChI is InChI=1S/C18H19NO4S/c20-17(13-14-7-3-1-4-8-14)19-16(18(21)22)11-12-24(23)15-9-5-2-6-10-15/h1-10,16H,11-13H2,(H,19,20)(H,21,22)/t16-,24-/m1/s1. The third kappa shape index (κ3) is 5.62. The number of hydrogen-bond donors (Lipinski definition) is 2. The predicted octanol–water partition coefficient (Wildman–Crippen LogP) is 2.00. The van der Waals surface area contributed by atoms with E-state index in [0.717, 1.165) is 5.56 Å². The first kappa shape index (κ1) is 17.9. The van der Waals surface area contributed by atoms with Crippen LogP contribution in [0.1, 0.15) is 12.0 Å². The fraction of sp³-hybridized carbons (Fsp3) is 0.222. The Bertz CT molecular complexity index is 703. The zero-order valence-corrected chi connectivity index (χ0v) is 13.9. The van der Waals surface area contributed by atoms with Gasteiger partial charge in [0.05, 0.1) is 17.2 Å². The second kappa shape index (κ2) is 8.98. The van der Waals surface area contributed by atoms with Gasteiger partial charge in [0.15, 0.2) is 0 Å². The topological polar surface area (TPSA) is 83.5 Å². The molecule has 0 saturated heterocycles. The maximum atomic E-state index is 12.2. The van der Waals surface area contributed by atoms with Crippen molar-refractivity contribution in [1.29, 1.82) is 0 Å². The highest BCUT2D eigenvalue weighted by molar-refractivity contribution is 7.85. The van der Waals surface area contributed by atoms with Crippen LogP contribution in [0.4, 0.5) is 0 Å². The summed E-state index contributed by atoms with van der Waals surface area (Å²) in [6.45, 7) is 0. The Labute approximate surface area is 143 Å². The largest absolute Gasteiger partial charge is 0.480 e. The van der Waals surface area contributed by atoms with Gasteiger partial charge in [-0.25, -0.2) is 4.79 Å². The minimum absolute atomic E-state index is 0.109. The van der Waals surface area contributed by atoms with Crippen molar-refractivity contribution >= 4 is 22.7 Å². The first-order valence-corrected chi connectivity index (χ1v) is 8.87. The van der Waals surface area contributed by atoms with Gasteiger partial charge in [0.25, 0.3) is 0 Å². The lowest BCUT2D eigenvalue weighted by atomic mass is 10.1. The molecule has 2 aromatic carbocycles. The smallest absolute Gasteiger partial charge is 0.326 e. The highest BCUT2D eigenvalue weighted by Crippen LogP contribution is 2.08. The molecular formula is C18H19NO4S. The van der Waals surface area contributed by atoms with E-state index in [-0.39, 0.29) is 24.5 Å². The number of rotatable bonds is 8. The van der Waals surface area contributed by atoms with Gasteiger partial charge in [-0.3, -0.25) is 9.00 Å². The summed E-state index contributed by atoms with van der Waals surface area (Å²) in [5.74, 6) is -1.31. The molecule has 0 saturated carbocycles. The molecule has 0 radical (unpaired) electrons. The van der Waals surface area contributed by atoms with Crippen molar-refractivity contribution in [3.63, 3.8) is 0 Å². The number of carboxylic acid groups (broad SMARTS) is 1. The van der Waals surface area contributed by atoms with E-state index in [2.05, 4.69) is 5.32 Å². The summed E-state index contributed by atoms with van der Waals surface area (Å²) in [5, 5.41) is 11.8. The highest BCUT2D eigenvalue weighted by atomic mass is 32.2. The maximum Gasteiger partial charge on any atom is 0.326 e. The van der Waals surface area contributed by atoms with Crippen LogP contribution in [0.5, 0.6) is 0 Å². The molecule has 2 atom stereocenters. The Hall–Kier alpha value is -2.47. The van der Waals surface area contributed by atoms with E-state index >= 15 is 0 Å². The van der Waals surface area contributed by atoms with Crippen molar-refractivity contribution in [2.45, 2.75) is 23.8 Å².